The molecule has 0 radical (unpaired) electrons. The normalized spacial score (nSPS) is 12.1. The molecule has 0 bridgehead atoms. The molecule has 0 saturated heterocycles. The Balaban J connectivity index is 2.38. The van der Waals surface area contributed by atoms with E-state index in [0.29, 0.717) is 23.3 Å². The Morgan fingerprint density at radius 2 is 2.31 bits per heavy atom. The molecule has 1 aromatic rings. The average molecular weight is 240 g/mol. The summed E-state index contributed by atoms with van der Waals surface area (Å²) in [5.41, 5.74) is 5.67. The highest BCUT2D eigenvalue weighted by Crippen LogP contribution is 2.08. The van der Waals surface area contributed by atoms with Gasteiger partial charge in [-0.15, -0.1) is 10.2 Å². The van der Waals surface area contributed by atoms with E-state index >= 15 is 0 Å². The Labute approximate surface area is 99.2 Å². The highest BCUT2D eigenvalue weighted by Gasteiger charge is 2.07. The summed E-state index contributed by atoms with van der Waals surface area (Å²) in [4.78, 5) is 11.6. The molecule has 0 fully saturated rings. The fraction of sp³-hybridized carbons (Fsp3) is 0.500. The van der Waals surface area contributed by atoms with Crippen LogP contribution < -0.4 is 11.1 Å². The molecule has 1 rings (SSSR count). The van der Waals surface area contributed by atoms with Gasteiger partial charge in [-0.05, 0) is 24.8 Å². The minimum atomic E-state index is -0.208. The number of nitrogens with two attached hydrogens (primary N) is 1. The minimum Gasteiger partial charge on any atom is -0.382 e. The fourth-order valence-corrected chi connectivity index (χ4v) is 1.41. The molecule has 1 unspecified atom stereocenters. The summed E-state index contributed by atoms with van der Waals surface area (Å²) in [5.74, 6) is 0.105. The predicted molar refractivity (Wildman–Crippen MR) is 66.4 cm³/mol. The molecule has 0 spiro atoms. The molecular weight excluding hydrogens is 224 g/mol. The van der Waals surface area contributed by atoms with E-state index in [1.54, 1.807) is 23.9 Å². The second kappa shape index (κ2) is 6.32. The number of carbonyl (C=O) groups excluding carboxylic acids is 1. The number of carbonyl (C=O) groups is 1. The van der Waals surface area contributed by atoms with Crippen LogP contribution in [0.5, 0.6) is 0 Å². The number of amides is 1. The van der Waals surface area contributed by atoms with Crippen LogP contribution in [-0.2, 0) is 0 Å². The summed E-state index contributed by atoms with van der Waals surface area (Å²) in [5, 5.41) is 10.7. The highest BCUT2D eigenvalue weighted by molar-refractivity contribution is 7.99. The van der Waals surface area contributed by atoms with Gasteiger partial charge in [0.15, 0.2) is 5.69 Å². The Morgan fingerprint density at radius 1 is 1.56 bits per heavy atom. The van der Waals surface area contributed by atoms with Crippen molar-refractivity contribution in [1.82, 2.24) is 15.5 Å². The van der Waals surface area contributed by atoms with Gasteiger partial charge in [0.1, 0.15) is 5.82 Å². The van der Waals surface area contributed by atoms with Gasteiger partial charge in [-0.2, -0.15) is 11.8 Å². The van der Waals surface area contributed by atoms with Crippen molar-refractivity contribution in [2.24, 2.45) is 0 Å². The van der Waals surface area contributed by atoms with Crippen LogP contribution in [0.15, 0.2) is 12.1 Å². The summed E-state index contributed by atoms with van der Waals surface area (Å²) < 4.78 is 0. The Morgan fingerprint density at radius 3 is 2.88 bits per heavy atom. The monoisotopic (exact) mass is 240 g/mol. The first-order valence-corrected chi connectivity index (χ1v) is 6.32. The maximum absolute atomic E-state index is 11.6. The van der Waals surface area contributed by atoms with E-state index in [1.165, 1.54) is 0 Å². The van der Waals surface area contributed by atoms with Crippen LogP contribution in [-0.4, -0.2) is 34.2 Å². The molecule has 5 nitrogen and oxygen atoms in total. The molecule has 6 heteroatoms. The van der Waals surface area contributed by atoms with Gasteiger partial charge in [0, 0.05) is 11.8 Å². The van der Waals surface area contributed by atoms with Gasteiger partial charge in [-0.1, -0.05) is 6.92 Å². The van der Waals surface area contributed by atoms with Crippen molar-refractivity contribution in [3.8, 4) is 0 Å². The molecule has 0 aliphatic rings. The van der Waals surface area contributed by atoms with Crippen LogP contribution in [0, 0.1) is 0 Å². The topological polar surface area (TPSA) is 80.9 Å². The number of nitrogens with zero attached hydrogens (tertiary/aromatic N) is 2. The molecule has 0 aromatic carbocycles. The second-order valence-electron chi connectivity index (χ2n) is 3.43. The lowest BCUT2D eigenvalue weighted by molar-refractivity contribution is 0.0947. The number of thioether (sulfide) groups is 1. The molecule has 88 valence electrons. The first kappa shape index (κ1) is 12.8. The molecule has 1 heterocycles. The van der Waals surface area contributed by atoms with E-state index in [1.807, 2.05) is 0 Å². The lowest BCUT2D eigenvalue weighted by Crippen LogP contribution is -2.27. The van der Waals surface area contributed by atoms with Gasteiger partial charge in [-0.25, -0.2) is 0 Å². The van der Waals surface area contributed by atoms with Crippen LogP contribution in [0.25, 0.3) is 0 Å². The van der Waals surface area contributed by atoms with Gasteiger partial charge in [0.05, 0.1) is 0 Å². The van der Waals surface area contributed by atoms with Crippen molar-refractivity contribution in [3.05, 3.63) is 17.8 Å². The molecule has 0 aliphatic heterocycles. The third-order valence-electron chi connectivity index (χ3n) is 2.16. The number of nitrogen functional groups attached to an aromatic ring is 1. The molecule has 0 aliphatic carbocycles. The number of anilines is 1. The summed E-state index contributed by atoms with van der Waals surface area (Å²) in [7, 11) is 0. The SMILES string of the molecule is CSC(C)CCNC(=O)c1ccc(N)nn1. The summed E-state index contributed by atoms with van der Waals surface area (Å²) in [6, 6.07) is 3.13. The van der Waals surface area contributed by atoms with Crippen molar-refractivity contribution in [3.63, 3.8) is 0 Å². The zero-order chi connectivity index (χ0) is 12.0. The zero-order valence-electron chi connectivity index (χ0n) is 9.43. The summed E-state index contributed by atoms with van der Waals surface area (Å²) in [6.07, 6.45) is 2.99. The number of nitrogens with one attached hydrogen (secondary N) is 1. The van der Waals surface area contributed by atoms with Crippen LogP contribution in [0.4, 0.5) is 5.82 Å². The van der Waals surface area contributed by atoms with E-state index in [2.05, 4.69) is 28.7 Å². The van der Waals surface area contributed by atoms with Crippen LogP contribution >= 0.6 is 11.8 Å². The number of hydrogen-bond acceptors (Lipinski definition) is 5. The molecule has 1 atom stereocenters. The first-order valence-electron chi connectivity index (χ1n) is 5.03. The second-order valence-corrected chi connectivity index (χ2v) is 4.71. The maximum atomic E-state index is 11.6. The number of hydrogen-bond donors (Lipinski definition) is 2. The van der Waals surface area contributed by atoms with Crippen molar-refractivity contribution in [1.29, 1.82) is 0 Å². The molecule has 16 heavy (non-hydrogen) atoms. The van der Waals surface area contributed by atoms with Gasteiger partial charge >= 0.3 is 0 Å². The third-order valence-corrected chi connectivity index (χ3v) is 3.20. The Bertz CT molecular complexity index is 341. The average Bonchev–Trinajstić information content (AvgIpc) is 2.29. The minimum absolute atomic E-state index is 0.208. The maximum Gasteiger partial charge on any atom is 0.271 e. The molecule has 3 N–H and O–H groups in total. The van der Waals surface area contributed by atoms with E-state index in [9.17, 15) is 4.79 Å². The molecule has 1 amide bonds. The van der Waals surface area contributed by atoms with Gasteiger partial charge in [-0.3, -0.25) is 4.79 Å². The van der Waals surface area contributed by atoms with Crippen molar-refractivity contribution >= 4 is 23.5 Å². The van der Waals surface area contributed by atoms with Crippen molar-refractivity contribution in [2.75, 3.05) is 18.5 Å². The van der Waals surface area contributed by atoms with E-state index < -0.39 is 0 Å². The third kappa shape index (κ3) is 4.06. The van der Waals surface area contributed by atoms with Crippen LogP contribution in [0.3, 0.4) is 0 Å². The Hall–Kier alpha value is -1.30. The molecule has 0 saturated carbocycles. The van der Waals surface area contributed by atoms with Crippen LogP contribution in [0.2, 0.25) is 0 Å². The lowest BCUT2D eigenvalue weighted by Gasteiger charge is -2.08. The van der Waals surface area contributed by atoms with Crippen molar-refractivity contribution in [2.45, 2.75) is 18.6 Å². The smallest absolute Gasteiger partial charge is 0.271 e. The van der Waals surface area contributed by atoms with E-state index in [-0.39, 0.29) is 5.91 Å². The summed E-state index contributed by atoms with van der Waals surface area (Å²) in [6.45, 7) is 2.77. The lowest BCUT2D eigenvalue weighted by atomic mass is 10.3. The number of rotatable bonds is 5. The highest BCUT2D eigenvalue weighted by atomic mass is 32.2. The van der Waals surface area contributed by atoms with Gasteiger partial charge in [0.2, 0.25) is 0 Å². The summed E-state index contributed by atoms with van der Waals surface area (Å²) >= 11 is 1.78. The van der Waals surface area contributed by atoms with Gasteiger partial charge in [0.25, 0.3) is 5.91 Å². The predicted octanol–water partition coefficient (Wildman–Crippen LogP) is 0.930. The molecular formula is C10H16N4OS. The van der Waals surface area contributed by atoms with E-state index in [0.717, 1.165) is 6.42 Å². The van der Waals surface area contributed by atoms with E-state index in [4.69, 9.17) is 5.73 Å². The quantitative estimate of drug-likeness (QED) is 0.800. The Kier molecular flexibility index (Phi) is 5.04. The number of aromatic nitrogens is 2. The first-order chi connectivity index (χ1) is 7.63. The standard InChI is InChI=1S/C10H16N4OS/c1-7(16-2)5-6-12-10(15)8-3-4-9(11)14-13-8/h3-4,7H,5-6H2,1-2H3,(H2,11,14)(H,12,15). The van der Waals surface area contributed by atoms with Gasteiger partial charge < -0.3 is 11.1 Å². The molecule has 1 aromatic heterocycles. The largest absolute Gasteiger partial charge is 0.382 e. The fourth-order valence-electron chi connectivity index (χ4n) is 1.06. The van der Waals surface area contributed by atoms with Crippen molar-refractivity contribution < 1.29 is 4.79 Å². The zero-order valence-corrected chi connectivity index (χ0v) is 10.3. The van der Waals surface area contributed by atoms with Crippen LogP contribution in [0.1, 0.15) is 23.8 Å².